The zero-order chi connectivity index (χ0) is 17.4. The number of aryl methyl sites for hydroxylation is 1. The van der Waals surface area contributed by atoms with Crippen molar-refractivity contribution in [2.75, 3.05) is 6.54 Å². The highest BCUT2D eigenvalue weighted by molar-refractivity contribution is 7.08. The van der Waals surface area contributed by atoms with E-state index < -0.39 is 0 Å². The molecule has 0 aromatic carbocycles. The van der Waals surface area contributed by atoms with E-state index in [0.717, 1.165) is 36.5 Å². The minimum Gasteiger partial charge on any atom is -0.329 e. The quantitative estimate of drug-likeness (QED) is 0.770. The van der Waals surface area contributed by atoms with E-state index >= 15 is 0 Å². The molecule has 1 N–H and O–H groups in total. The molecule has 8 nitrogen and oxygen atoms in total. The van der Waals surface area contributed by atoms with Gasteiger partial charge in [0.15, 0.2) is 5.65 Å². The molecule has 0 unspecified atom stereocenters. The number of amides is 1. The maximum absolute atomic E-state index is 13.1. The summed E-state index contributed by atoms with van der Waals surface area (Å²) < 4.78 is 5.32. The van der Waals surface area contributed by atoms with Crippen molar-refractivity contribution < 1.29 is 4.79 Å². The fourth-order valence-electron chi connectivity index (χ4n) is 3.33. The Labute approximate surface area is 147 Å². The van der Waals surface area contributed by atoms with Crippen LogP contribution >= 0.6 is 11.5 Å². The number of aromatic amines is 1. The van der Waals surface area contributed by atoms with Crippen molar-refractivity contribution in [2.45, 2.75) is 38.6 Å². The smallest absolute Gasteiger partial charge is 0.272 e. The molecule has 1 aliphatic heterocycles. The molecule has 25 heavy (non-hydrogen) atoms. The predicted molar refractivity (Wildman–Crippen MR) is 92.7 cm³/mol. The molecule has 130 valence electrons. The molecule has 1 aliphatic rings. The molecule has 3 aromatic rings. The summed E-state index contributed by atoms with van der Waals surface area (Å²) in [6.07, 6.45) is 5.09. The standard InChI is InChI=1S/C16H18N6O2S/c1-2-10-15(25-20-19-10)16(24)21-8-4-3-5-12(21)11-9-14(23)22-13(18-11)6-7-17-22/h6-7,9,12,17H,2-5,8H2,1H3/t12-/m1/s1. The van der Waals surface area contributed by atoms with Crippen molar-refractivity contribution >= 4 is 23.1 Å². The monoisotopic (exact) mass is 358 g/mol. The molecule has 1 fully saturated rings. The van der Waals surface area contributed by atoms with Crippen LogP contribution in [-0.4, -0.2) is 41.5 Å². The number of nitrogens with zero attached hydrogens (tertiary/aromatic N) is 5. The van der Waals surface area contributed by atoms with Gasteiger partial charge in [-0.2, -0.15) is 0 Å². The first kappa shape index (κ1) is 15.9. The first-order chi connectivity index (χ1) is 12.2. The summed E-state index contributed by atoms with van der Waals surface area (Å²) in [4.78, 5) is 32.3. The van der Waals surface area contributed by atoms with E-state index in [-0.39, 0.29) is 17.5 Å². The van der Waals surface area contributed by atoms with Crippen LogP contribution in [0.4, 0.5) is 0 Å². The third kappa shape index (κ3) is 2.74. The number of rotatable bonds is 3. The Kier molecular flexibility index (Phi) is 4.08. The average Bonchev–Trinajstić information content (AvgIpc) is 3.30. The second-order valence-electron chi connectivity index (χ2n) is 6.09. The first-order valence-corrected chi connectivity index (χ1v) is 9.15. The lowest BCUT2D eigenvalue weighted by Crippen LogP contribution is -2.39. The van der Waals surface area contributed by atoms with Crippen molar-refractivity contribution in [1.82, 2.24) is 29.1 Å². The highest BCUT2D eigenvalue weighted by atomic mass is 32.1. The Morgan fingerprint density at radius 3 is 3.16 bits per heavy atom. The Balaban J connectivity index is 1.73. The molecule has 4 rings (SSSR count). The molecule has 0 spiro atoms. The van der Waals surface area contributed by atoms with E-state index in [1.54, 1.807) is 12.3 Å². The largest absolute Gasteiger partial charge is 0.329 e. The van der Waals surface area contributed by atoms with Crippen LogP contribution in [0.2, 0.25) is 0 Å². The fraction of sp³-hybridized carbons (Fsp3) is 0.438. The highest BCUT2D eigenvalue weighted by Gasteiger charge is 2.32. The summed E-state index contributed by atoms with van der Waals surface area (Å²) in [7, 11) is 0. The van der Waals surface area contributed by atoms with E-state index in [0.29, 0.717) is 29.2 Å². The SMILES string of the molecule is CCc1nnsc1C(=O)N1CCCC[C@@H]1c1cc(=O)n2[nH]ccc2n1. The van der Waals surface area contributed by atoms with E-state index in [1.165, 1.54) is 10.6 Å². The predicted octanol–water partition coefficient (Wildman–Crippen LogP) is 1.80. The fourth-order valence-corrected chi connectivity index (χ4v) is 4.04. The second-order valence-corrected chi connectivity index (χ2v) is 6.84. The first-order valence-electron chi connectivity index (χ1n) is 8.38. The molecule has 0 aliphatic carbocycles. The van der Waals surface area contributed by atoms with Gasteiger partial charge in [0, 0.05) is 24.9 Å². The number of fused-ring (bicyclic) bond motifs is 1. The van der Waals surface area contributed by atoms with Gasteiger partial charge in [-0.1, -0.05) is 11.4 Å². The third-order valence-corrected chi connectivity index (χ3v) is 5.35. The van der Waals surface area contributed by atoms with Crippen LogP contribution < -0.4 is 5.56 Å². The van der Waals surface area contributed by atoms with E-state index in [1.807, 2.05) is 11.8 Å². The van der Waals surface area contributed by atoms with Crippen LogP contribution in [0.1, 0.15) is 53.3 Å². The molecule has 1 saturated heterocycles. The number of nitrogens with one attached hydrogen (secondary N) is 1. The van der Waals surface area contributed by atoms with E-state index in [9.17, 15) is 9.59 Å². The van der Waals surface area contributed by atoms with Crippen LogP contribution in [0.5, 0.6) is 0 Å². The van der Waals surface area contributed by atoms with Gasteiger partial charge in [-0.3, -0.25) is 14.7 Å². The molecule has 0 radical (unpaired) electrons. The third-order valence-electron chi connectivity index (χ3n) is 4.59. The van der Waals surface area contributed by atoms with Crippen molar-refractivity contribution in [3.63, 3.8) is 0 Å². The lowest BCUT2D eigenvalue weighted by atomic mass is 9.98. The van der Waals surface area contributed by atoms with E-state index in [2.05, 4.69) is 19.7 Å². The molecule has 4 heterocycles. The highest BCUT2D eigenvalue weighted by Crippen LogP contribution is 2.31. The Morgan fingerprint density at radius 1 is 1.44 bits per heavy atom. The number of piperidine rings is 1. The van der Waals surface area contributed by atoms with Crippen LogP contribution in [0.3, 0.4) is 0 Å². The van der Waals surface area contributed by atoms with Gasteiger partial charge < -0.3 is 4.90 Å². The zero-order valence-electron chi connectivity index (χ0n) is 13.8. The normalized spacial score (nSPS) is 18.0. The van der Waals surface area contributed by atoms with Crippen LogP contribution in [0.25, 0.3) is 5.65 Å². The van der Waals surface area contributed by atoms with Crippen LogP contribution in [0, 0.1) is 0 Å². The number of carbonyl (C=O) groups excluding carboxylic acids is 1. The van der Waals surface area contributed by atoms with Crippen LogP contribution in [-0.2, 0) is 6.42 Å². The minimum atomic E-state index is -0.194. The van der Waals surface area contributed by atoms with Crippen molar-refractivity contribution in [2.24, 2.45) is 0 Å². The van der Waals surface area contributed by atoms with Gasteiger partial charge in [0.05, 0.1) is 17.4 Å². The number of hydrogen-bond donors (Lipinski definition) is 1. The number of carbonyl (C=O) groups is 1. The molecular weight excluding hydrogens is 340 g/mol. The van der Waals surface area contributed by atoms with Gasteiger partial charge in [0.2, 0.25) is 0 Å². The molecule has 1 amide bonds. The lowest BCUT2D eigenvalue weighted by Gasteiger charge is -2.35. The molecule has 0 saturated carbocycles. The van der Waals surface area contributed by atoms with E-state index in [4.69, 9.17) is 0 Å². The molecule has 9 heteroatoms. The summed E-state index contributed by atoms with van der Waals surface area (Å²) in [5, 5.41) is 6.88. The Hall–Kier alpha value is -2.55. The second kappa shape index (κ2) is 6.40. The zero-order valence-corrected chi connectivity index (χ0v) is 14.6. The van der Waals surface area contributed by atoms with Gasteiger partial charge in [-0.05, 0) is 37.2 Å². The molecule has 0 bridgehead atoms. The Morgan fingerprint density at radius 2 is 2.32 bits per heavy atom. The summed E-state index contributed by atoms with van der Waals surface area (Å²) in [5.41, 5.74) is 1.77. The minimum absolute atomic E-state index is 0.0624. The molecule has 1 atom stereocenters. The average molecular weight is 358 g/mol. The maximum Gasteiger partial charge on any atom is 0.272 e. The molecular formula is C16H18N6O2S. The number of hydrogen-bond acceptors (Lipinski definition) is 6. The van der Waals surface area contributed by atoms with Crippen LogP contribution in [0.15, 0.2) is 23.1 Å². The summed E-state index contributed by atoms with van der Waals surface area (Å²) in [6, 6.07) is 3.08. The van der Waals surface area contributed by atoms with Crippen molar-refractivity contribution in [1.29, 1.82) is 0 Å². The Bertz CT molecular complexity index is 974. The number of H-pyrrole nitrogens is 1. The van der Waals surface area contributed by atoms with Gasteiger partial charge in [0.1, 0.15) is 4.88 Å². The summed E-state index contributed by atoms with van der Waals surface area (Å²) in [5.74, 6) is -0.0624. The molecule has 3 aromatic heterocycles. The van der Waals surface area contributed by atoms with Crippen molar-refractivity contribution in [3.05, 3.63) is 44.9 Å². The van der Waals surface area contributed by atoms with Gasteiger partial charge in [-0.15, -0.1) is 5.10 Å². The van der Waals surface area contributed by atoms with Gasteiger partial charge >= 0.3 is 0 Å². The van der Waals surface area contributed by atoms with Crippen molar-refractivity contribution in [3.8, 4) is 0 Å². The number of likely N-dealkylation sites (tertiary alicyclic amines) is 1. The number of aromatic nitrogens is 5. The lowest BCUT2D eigenvalue weighted by molar-refractivity contribution is 0.0610. The maximum atomic E-state index is 13.1. The van der Waals surface area contributed by atoms with Gasteiger partial charge in [-0.25, -0.2) is 9.50 Å². The topological polar surface area (TPSA) is 96.3 Å². The summed E-state index contributed by atoms with van der Waals surface area (Å²) >= 11 is 1.14. The summed E-state index contributed by atoms with van der Waals surface area (Å²) in [6.45, 7) is 2.61. The van der Waals surface area contributed by atoms with Gasteiger partial charge in [0.25, 0.3) is 11.5 Å².